The fourth-order valence-electron chi connectivity index (χ4n) is 1.75. The SMILES string of the molecule is CCCn1ncnc1COc1cccc(C#CCCl)c1. The average molecular weight is 290 g/mol. The van der Waals surface area contributed by atoms with Crippen LogP contribution in [0.3, 0.4) is 0 Å². The normalized spacial score (nSPS) is 9.90. The maximum absolute atomic E-state index is 5.73. The molecule has 0 aliphatic carbocycles. The first kappa shape index (κ1) is 14.4. The Balaban J connectivity index is 2.01. The van der Waals surface area contributed by atoms with Gasteiger partial charge in [-0.2, -0.15) is 5.10 Å². The van der Waals surface area contributed by atoms with Gasteiger partial charge in [-0.25, -0.2) is 9.67 Å². The maximum Gasteiger partial charge on any atom is 0.164 e. The molecule has 0 aliphatic heterocycles. The monoisotopic (exact) mass is 289 g/mol. The highest BCUT2D eigenvalue weighted by Gasteiger charge is 2.04. The van der Waals surface area contributed by atoms with Crippen LogP contribution >= 0.6 is 11.6 Å². The van der Waals surface area contributed by atoms with E-state index in [1.807, 2.05) is 28.9 Å². The lowest BCUT2D eigenvalue weighted by Gasteiger charge is -2.07. The molecule has 0 saturated heterocycles. The van der Waals surface area contributed by atoms with Crippen LogP contribution in [-0.2, 0) is 13.2 Å². The predicted molar refractivity (Wildman–Crippen MR) is 78.7 cm³/mol. The van der Waals surface area contributed by atoms with Gasteiger partial charge in [-0.15, -0.1) is 11.6 Å². The van der Waals surface area contributed by atoms with Crippen LogP contribution in [0.15, 0.2) is 30.6 Å². The first-order valence-corrected chi connectivity index (χ1v) is 7.01. The summed E-state index contributed by atoms with van der Waals surface area (Å²) in [6.45, 7) is 3.34. The van der Waals surface area contributed by atoms with Gasteiger partial charge in [0.2, 0.25) is 0 Å². The van der Waals surface area contributed by atoms with Crippen LogP contribution in [0.1, 0.15) is 24.7 Å². The lowest BCUT2D eigenvalue weighted by Crippen LogP contribution is -2.08. The summed E-state index contributed by atoms with van der Waals surface area (Å²) in [5.74, 6) is 7.69. The molecule has 1 aromatic carbocycles. The van der Waals surface area contributed by atoms with Crippen molar-refractivity contribution >= 4 is 11.6 Å². The second-order valence-corrected chi connectivity index (χ2v) is 4.42. The van der Waals surface area contributed by atoms with Crippen LogP contribution in [0, 0.1) is 11.8 Å². The molecule has 0 radical (unpaired) electrons. The van der Waals surface area contributed by atoms with Crippen LogP contribution in [0.25, 0.3) is 0 Å². The van der Waals surface area contributed by atoms with Gasteiger partial charge < -0.3 is 4.74 Å². The van der Waals surface area contributed by atoms with Gasteiger partial charge in [0, 0.05) is 12.1 Å². The number of hydrogen-bond donors (Lipinski definition) is 0. The highest BCUT2D eigenvalue weighted by Crippen LogP contribution is 2.14. The molecule has 5 heteroatoms. The Morgan fingerprint density at radius 1 is 1.40 bits per heavy atom. The van der Waals surface area contributed by atoms with Crippen molar-refractivity contribution in [2.45, 2.75) is 26.5 Å². The summed E-state index contributed by atoms with van der Waals surface area (Å²) in [6, 6.07) is 7.61. The van der Waals surface area contributed by atoms with Crippen LogP contribution < -0.4 is 4.74 Å². The summed E-state index contributed by atoms with van der Waals surface area (Å²) >= 11 is 5.54. The van der Waals surface area contributed by atoms with E-state index in [1.165, 1.54) is 0 Å². The molecule has 1 aromatic heterocycles. The van der Waals surface area contributed by atoms with Crippen molar-refractivity contribution in [3.05, 3.63) is 42.0 Å². The third kappa shape index (κ3) is 4.01. The van der Waals surface area contributed by atoms with Gasteiger partial charge >= 0.3 is 0 Å². The van der Waals surface area contributed by atoms with Crippen LogP contribution in [-0.4, -0.2) is 20.6 Å². The maximum atomic E-state index is 5.73. The number of alkyl halides is 1. The first-order valence-electron chi connectivity index (χ1n) is 6.48. The van der Waals surface area contributed by atoms with E-state index >= 15 is 0 Å². The predicted octanol–water partition coefficient (Wildman–Crippen LogP) is 2.86. The summed E-state index contributed by atoms with van der Waals surface area (Å²) in [5, 5.41) is 4.16. The van der Waals surface area contributed by atoms with Crippen molar-refractivity contribution in [1.29, 1.82) is 0 Å². The number of rotatable bonds is 5. The van der Waals surface area contributed by atoms with Crippen molar-refractivity contribution in [3.8, 4) is 17.6 Å². The highest BCUT2D eigenvalue weighted by atomic mass is 35.5. The molecule has 0 spiro atoms. The zero-order valence-electron chi connectivity index (χ0n) is 11.3. The number of aromatic nitrogens is 3. The smallest absolute Gasteiger partial charge is 0.164 e. The Morgan fingerprint density at radius 3 is 3.10 bits per heavy atom. The van der Waals surface area contributed by atoms with E-state index < -0.39 is 0 Å². The van der Waals surface area contributed by atoms with E-state index in [4.69, 9.17) is 16.3 Å². The van der Waals surface area contributed by atoms with Gasteiger partial charge in [0.25, 0.3) is 0 Å². The second-order valence-electron chi connectivity index (χ2n) is 4.15. The third-order valence-corrected chi connectivity index (χ3v) is 2.77. The number of ether oxygens (including phenoxy) is 1. The van der Waals surface area contributed by atoms with Gasteiger partial charge in [0.05, 0.1) is 5.88 Å². The molecule has 0 unspecified atom stereocenters. The minimum atomic E-state index is 0.325. The molecule has 1 heterocycles. The van der Waals surface area contributed by atoms with E-state index in [-0.39, 0.29) is 0 Å². The van der Waals surface area contributed by atoms with E-state index in [0.29, 0.717) is 12.5 Å². The fraction of sp³-hybridized carbons (Fsp3) is 0.333. The number of hydrogen-bond acceptors (Lipinski definition) is 3. The van der Waals surface area contributed by atoms with E-state index in [1.54, 1.807) is 6.33 Å². The molecule has 0 N–H and O–H groups in total. The molecular weight excluding hydrogens is 274 g/mol. The van der Waals surface area contributed by atoms with Crippen molar-refractivity contribution in [2.75, 3.05) is 5.88 Å². The summed E-state index contributed by atoms with van der Waals surface area (Å²) in [6.07, 6.45) is 2.57. The summed E-state index contributed by atoms with van der Waals surface area (Å²) in [5.41, 5.74) is 0.887. The van der Waals surface area contributed by atoms with Gasteiger partial charge in [-0.1, -0.05) is 24.8 Å². The van der Waals surface area contributed by atoms with Gasteiger partial charge in [0.15, 0.2) is 5.82 Å². The van der Waals surface area contributed by atoms with Crippen LogP contribution in [0.5, 0.6) is 5.75 Å². The van der Waals surface area contributed by atoms with Crippen molar-refractivity contribution in [2.24, 2.45) is 0 Å². The molecule has 2 rings (SSSR count). The minimum Gasteiger partial charge on any atom is -0.486 e. The quantitative estimate of drug-likeness (QED) is 0.628. The molecule has 0 aliphatic rings. The summed E-state index contributed by atoms with van der Waals surface area (Å²) in [4.78, 5) is 4.20. The van der Waals surface area contributed by atoms with Crippen LogP contribution in [0.2, 0.25) is 0 Å². The minimum absolute atomic E-state index is 0.325. The van der Waals surface area contributed by atoms with E-state index in [0.717, 1.165) is 30.1 Å². The van der Waals surface area contributed by atoms with E-state index in [9.17, 15) is 0 Å². The molecule has 0 amide bonds. The largest absolute Gasteiger partial charge is 0.486 e. The Kier molecular flexibility index (Phi) is 5.45. The number of benzene rings is 1. The molecule has 0 saturated carbocycles. The van der Waals surface area contributed by atoms with Gasteiger partial charge in [0.1, 0.15) is 18.7 Å². The number of nitrogens with zero attached hydrogens (tertiary/aromatic N) is 3. The summed E-state index contributed by atoms with van der Waals surface area (Å²) in [7, 11) is 0. The zero-order chi connectivity index (χ0) is 14.2. The summed E-state index contributed by atoms with van der Waals surface area (Å²) < 4.78 is 7.59. The molecule has 4 nitrogen and oxygen atoms in total. The Morgan fingerprint density at radius 2 is 2.30 bits per heavy atom. The topological polar surface area (TPSA) is 39.9 Å². The van der Waals surface area contributed by atoms with Gasteiger partial charge in [-0.3, -0.25) is 0 Å². The fourth-order valence-corrected chi connectivity index (χ4v) is 1.81. The van der Waals surface area contributed by atoms with Crippen LogP contribution in [0.4, 0.5) is 0 Å². The Bertz CT molecular complexity index is 613. The zero-order valence-corrected chi connectivity index (χ0v) is 12.1. The molecule has 0 fully saturated rings. The third-order valence-electron chi connectivity index (χ3n) is 2.63. The first-order chi connectivity index (χ1) is 9.83. The standard InChI is InChI=1S/C15H16ClN3O/c1-2-9-19-15(17-12-18-19)11-20-14-7-3-5-13(10-14)6-4-8-16/h3,5,7,10,12H,2,8-9,11H2,1H3. The Labute approximate surface area is 123 Å². The second kappa shape index (κ2) is 7.56. The van der Waals surface area contributed by atoms with E-state index in [2.05, 4.69) is 28.8 Å². The average Bonchev–Trinajstić information content (AvgIpc) is 2.91. The molecular formula is C15H16ClN3O. The van der Waals surface area contributed by atoms with Crippen molar-refractivity contribution in [3.63, 3.8) is 0 Å². The molecule has 2 aromatic rings. The lowest BCUT2D eigenvalue weighted by atomic mass is 10.2. The number of halogens is 1. The van der Waals surface area contributed by atoms with Crippen molar-refractivity contribution in [1.82, 2.24) is 14.8 Å². The number of aryl methyl sites for hydroxylation is 1. The van der Waals surface area contributed by atoms with Gasteiger partial charge in [-0.05, 0) is 24.6 Å². The molecule has 20 heavy (non-hydrogen) atoms. The molecule has 0 atom stereocenters. The highest BCUT2D eigenvalue weighted by molar-refractivity contribution is 6.19. The van der Waals surface area contributed by atoms with Crippen molar-refractivity contribution < 1.29 is 4.74 Å². The lowest BCUT2D eigenvalue weighted by molar-refractivity contribution is 0.286. The molecule has 104 valence electrons. The Hall–Kier alpha value is -1.99. The molecule has 0 bridgehead atoms.